The van der Waals surface area contributed by atoms with Gasteiger partial charge in [-0.1, -0.05) is 18.2 Å². The van der Waals surface area contributed by atoms with Crippen molar-refractivity contribution in [1.82, 2.24) is 15.3 Å². The second-order valence-electron chi connectivity index (χ2n) is 4.89. The van der Waals surface area contributed by atoms with Gasteiger partial charge in [-0.3, -0.25) is 0 Å². The van der Waals surface area contributed by atoms with E-state index >= 15 is 0 Å². The number of nitrogens with zero attached hydrogens (tertiary/aromatic N) is 2. The third-order valence-electron chi connectivity index (χ3n) is 3.64. The lowest BCUT2D eigenvalue weighted by Crippen LogP contribution is -2.14. The van der Waals surface area contributed by atoms with E-state index in [-0.39, 0.29) is 6.04 Å². The smallest absolute Gasteiger partial charge is 0.163 e. The molecule has 0 aliphatic carbocycles. The zero-order valence-corrected chi connectivity index (χ0v) is 11.8. The summed E-state index contributed by atoms with van der Waals surface area (Å²) in [4.78, 5) is 9.11. The molecule has 2 aromatic heterocycles. The molecule has 0 aliphatic rings. The second-order valence-corrected chi connectivity index (χ2v) is 4.89. The summed E-state index contributed by atoms with van der Waals surface area (Å²) >= 11 is 0. The summed E-state index contributed by atoms with van der Waals surface area (Å²) in [6.45, 7) is 4.11. The Labute approximate surface area is 117 Å². The van der Waals surface area contributed by atoms with Gasteiger partial charge in [0.15, 0.2) is 5.82 Å². The highest BCUT2D eigenvalue weighted by molar-refractivity contribution is 5.91. The van der Waals surface area contributed by atoms with E-state index in [0.717, 1.165) is 27.8 Å². The normalized spacial score (nSPS) is 12.8. The molecule has 0 bridgehead atoms. The third-order valence-corrected chi connectivity index (χ3v) is 3.64. The molecule has 4 heteroatoms. The Bertz CT molecular complexity index is 748. The quantitative estimate of drug-likeness (QED) is 0.789. The summed E-state index contributed by atoms with van der Waals surface area (Å²) in [7, 11) is 1.93. The fraction of sp³-hybridized carbons (Fsp3) is 0.250. The molecule has 1 atom stereocenters. The number of para-hydroxylation sites is 1. The second kappa shape index (κ2) is 5.06. The predicted molar refractivity (Wildman–Crippen MR) is 79.5 cm³/mol. The number of fused-ring (bicyclic) bond motifs is 1. The van der Waals surface area contributed by atoms with Gasteiger partial charge in [0.05, 0.1) is 5.56 Å². The van der Waals surface area contributed by atoms with E-state index in [1.807, 2.05) is 44.4 Å². The van der Waals surface area contributed by atoms with Crippen LogP contribution in [-0.2, 0) is 0 Å². The van der Waals surface area contributed by atoms with Gasteiger partial charge < -0.3 is 9.73 Å². The highest BCUT2D eigenvalue weighted by Gasteiger charge is 2.13. The van der Waals surface area contributed by atoms with Crippen LogP contribution in [0.4, 0.5) is 0 Å². The summed E-state index contributed by atoms with van der Waals surface area (Å²) in [6, 6.07) is 8.16. The van der Waals surface area contributed by atoms with Crippen molar-refractivity contribution in [2.45, 2.75) is 19.9 Å². The third kappa shape index (κ3) is 2.08. The number of aryl methyl sites for hydroxylation is 1. The summed E-state index contributed by atoms with van der Waals surface area (Å²) < 4.78 is 5.55. The van der Waals surface area contributed by atoms with E-state index < -0.39 is 0 Å². The number of benzene rings is 1. The van der Waals surface area contributed by atoms with E-state index in [9.17, 15) is 0 Å². The fourth-order valence-electron chi connectivity index (χ4n) is 2.34. The molecule has 20 heavy (non-hydrogen) atoms. The Morgan fingerprint density at radius 1 is 1.25 bits per heavy atom. The van der Waals surface area contributed by atoms with Crippen molar-refractivity contribution < 1.29 is 4.42 Å². The Kier molecular flexibility index (Phi) is 3.24. The number of aromatic nitrogens is 2. The lowest BCUT2D eigenvalue weighted by atomic mass is 10.1. The van der Waals surface area contributed by atoms with Crippen LogP contribution in [0.3, 0.4) is 0 Å². The van der Waals surface area contributed by atoms with Crippen LogP contribution in [0.2, 0.25) is 0 Å². The van der Waals surface area contributed by atoms with Crippen LogP contribution < -0.4 is 5.32 Å². The molecule has 1 aromatic carbocycles. The molecule has 0 amide bonds. The summed E-state index contributed by atoms with van der Waals surface area (Å²) in [6.07, 6.45) is 3.61. The lowest BCUT2D eigenvalue weighted by molar-refractivity contribution is 0.616. The average Bonchev–Trinajstić information content (AvgIpc) is 2.90. The first-order valence-electron chi connectivity index (χ1n) is 6.68. The molecular formula is C16H17N3O. The van der Waals surface area contributed by atoms with Crippen LogP contribution in [0.25, 0.3) is 22.4 Å². The van der Waals surface area contributed by atoms with Crippen LogP contribution in [0.15, 0.2) is 41.1 Å². The number of nitrogens with one attached hydrogen (secondary N) is 1. The molecule has 3 rings (SSSR count). The molecule has 0 saturated heterocycles. The van der Waals surface area contributed by atoms with Crippen LogP contribution >= 0.6 is 0 Å². The molecule has 2 heterocycles. The summed E-state index contributed by atoms with van der Waals surface area (Å²) in [5, 5.41) is 4.25. The van der Waals surface area contributed by atoms with Crippen LogP contribution in [-0.4, -0.2) is 17.0 Å². The molecule has 0 saturated carbocycles. The first-order valence-corrected chi connectivity index (χ1v) is 6.68. The highest BCUT2D eigenvalue weighted by atomic mass is 16.3. The molecule has 0 radical (unpaired) electrons. The Balaban J connectivity index is 2.09. The van der Waals surface area contributed by atoms with Crippen molar-refractivity contribution >= 4 is 11.0 Å². The largest absolute Gasteiger partial charge is 0.464 e. The minimum atomic E-state index is 0.241. The maximum atomic E-state index is 5.55. The molecule has 1 unspecified atom stereocenters. The summed E-state index contributed by atoms with van der Waals surface area (Å²) in [5.41, 5.74) is 3.90. The van der Waals surface area contributed by atoms with Crippen molar-refractivity contribution in [3.63, 3.8) is 0 Å². The van der Waals surface area contributed by atoms with Gasteiger partial charge in [0.2, 0.25) is 0 Å². The van der Waals surface area contributed by atoms with Crippen molar-refractivity contribution in [1.29, 1.82) is 0 Å². The van der Waals surface area contributed by atoms with Crippen molar-refractivity contribution in [2.75, 3.05) is 7.05 Å². The highest BCUT2D eigenvalue weighted by Crippen LogP contribution is 2.28. The van der Waals surface area contributed by atoms with Gasteiger partial charge in [-0.2, -0.15) is 0 Å². The first kappa shape index (κ1) is 12.8. The minimum absolute atomic E-state index is 0.241. The van der Waals surface area contributed by atoms with Gasteiger partial charge in [-0.15, -0.1) is 0 Å². The van der Waals surface area contributed by atoms with E-state index in [4.69, 9.17) is 4.42 Å². The van der Waals surface area contributed by atoms with Gasteiger partial charge in [0.25, 0.3) is 0 Å². The van der Waals surface area contributed by atoms with Crippen LogP contribution in [0.5, 0.6) is 0 Å². The van der Waals surface area contributed by atoms with E-state index in [1.165, 1.54) is 0 Å². The zero-order chi connectivity index (χ0) is 14.1. The van der Waals surface area contributed by atoms with Gasteiger partial charge in [0.1, 0.15) is 11.8 Å². The average molecular weight is 267 g/mol. The molecule has 3 aromatic rings. The van der Waals surface area contributed by atoms with E-state index in [0.29, 0.717) is 5.82 Å². The van der Waals surface area contributed by atoms with Crippen molar-refractivity contribution in [3.05, 3.63) is 48.0 Å². The standard InChI is InChI=1S/C16H17N3O/c1-10(17-3)13-8-18-16(19-11(13)2)14-9-20-15-7-5-4-6-12(14)15/h4-10,17H,1-3H3. The monoisotopic (exact) mass is 267 g/mol. The molecule has 102 valence electrons. The fourth-order valence-corrected chi connectivity index (χ4v) is 2.34. The SMILES string of the molecule is CNC(C)c1cnc(-c2coc3ccccc23)nc1C. The lowest BCUT2D eigenvalue weighted by Gasteiger charge is -2.12. The van der Waals surface area contributed by atoms with Gasteiger partial charge in [-0.25, -0.2) is 9.97 Å². The number of rotatable bonds is 3. The van der Waals surface area contributed by atoms with E-state index in [1.54, 1.807) is 6.26 Å². The van der Waals surface area contributed by atoms with Gasteiger partial charge >= 0.3 is 0 Å². The summed E-state index contributed by atoms with van der Waals surface area (Å²) in [5.74, 6) is 0.708. The molecule has 0 fully saturated rings. The molecule has 1 N–H and O–H groups in total. The zero-order valence-electron chi connectivity index (χ0n) is 11.8. The molecular weight excluding hydrogens is 250 g/mol. The van der Waals surface area contributed by atoms with Gasteiger partial charge in [0, 0.05) is 28.9 Å². The van der Waals surface area contributed by atoms with E-state index in [2.05, 4.69) is 22.2 Å². The number of hydrogen-bond acceptors (Lipinski definition) is 4. The van der Waals surface area contributed by atoms with Gasteiger partial charge in [-0.05, 0) is 27.0 Å². The van der Waals surface area contributed by atoms with Crippen LogP contribution in [0, 0.1) is 6.92 Å². The number of hydrogen-bond donors (Lipinski definition) is 1. The Hall–Kier alpha value is -2.20. The minimum Gasteiger partial charge on any atom is -0.464 e. The Morgan fingerprint density at radius 3 is 2.80 bits per heavy atom. The Morgan fingerprint density at radius 2 is 2.05 bits per heavy atom. The van der Waals surface area contributed by atoms with Crippen molar-refractivity contribution in [3.8, 4) is 11.4 Å². The first-order chi connectivity index (χ1) is 9.70. The molecule has 0 spiro atoms. The number of furan rings is 1. The molecule has 0 aliphatic heterocycles. The maximum absolute atomic E-state index is 5.55. The topological polar surface area (TPSA) is 51.0 Å². The van der Waals surface area contributed by atoms with Crippen LogP contribution in [0.1, 0.15) is 24.2 Å². The predicted octanol–water partition coefficient (Wildman–Crippen LogP) is 3.48. The van der Waals surface area contributed by atoms with Crippen molar-refractivity contribution in [2.24, 2.45) is 0 Å². The molecule has 4 nitrogen and oxygen atoms in total. The maximum Gasteiger partial charge on any atom is 0.163 e.